The van der Waals surface area contributed by atoms with Gasteiger partial charge in [-0.2, -0.15) is 5.10 Å². The molecule has 0 aliphatic heterocycles. The van der Waals surface area contributed by atoms with Crippen LogP contribution in [0.2, 0.25) is 5.15 Å². The van der Waals surface area contributed by atoms with Crippen molar-refractivity contribution >= 4 is 28.1 Å². The van der Waals surface area contributed by atoms with Crippen molar-refractivity contribution < 1.29 is 4.21 Å². The molecule has 0 amide bonds. The van der Waals surface area contributed by atoms with Crippen molar-refractivity contribution in [3.8, 4) is 0 Å². The van der Waals surface area contributed by atoms with Crippen LogP contribution in [0.3, 0.4) is 0 Å². The maximum atomic E-state index is 10.7. The fourth-order valence-electron chi connectivity index (χ4n) is 0.946. The van der Waals surface area contributed by atoms with Gasteiger partial charge in [0.2, 0.25) is 0 Å². The van der Waals surface area contributed by atoms with Gasteiger partial charge in [-0.3, -0.25) is 4.21 Å². The molecule has 4 nitrogen and oxygen atoms in total. The smallest absolute Gasteiger partial charge is 0.153 e. The van der Waals surface area contributed by atoms with Gasteiger partial charge in [0.1, 0.15) is 0 Å². The normalized spacial score (nSPS) is 12.4. The largest absolute Gasteiger partial charge is 0.384 e. The van der Waals surface area contributed by atoms with Crippen LogP contribution >= 0.6 is 11.6 Å². The first-order valence-electron chi connectivity index (χ1n) is 4.20. The predicted octanol–water partition coefficient (Wildman–Crippen LogP) is 1.31. The molecule has 0 fully saturated rings. The molecule has 1 rings (SSSR count). The molecule has 6 heteroatoms. The molecule has 0 saturated carbocycles. The molecule has 14 heavy (non-hydrogen) atoms. The fourth-order valence-corrected chi connectivity index (χ4v) is 1.66. The van der Waals surface area contributed by atoms with E-state index in [0.717, 1.165) is 18.7 Å². The highest BCUT2D eigenvalue weighted by Gasteiger charge is 1.95. The Hall–Kier alpha value is -0.680. The summed E-state index contributed by atoms with van der Waals surface area (Å²) in [6.07, 6.45) is 4.17. The maximum Gasteiger partial charge on any atom is 0.153 e. The Morgan fingerprint density at radius 2 is 2.43 bits per heavy atom. The number of hydrogen-bond acceptors (Lipinski definition) is 4. The Bertz CT molecular complexity index is 321. The molecule has 1 heterocycles. The van der Waals surface area contributed by atoms with Gasteiger partial charge in [-0.25, -0.2) is 0 Å². The summed E-state index contributed by atoms with van der Waals surface area (Å²) in [5.74, 6) is 0.708. The minimum atomic E-state index is -0.722. The Kier molecular flexibility index (Phi) is 4.82. The zero-order chi connectivity index (χ0) is 10.4. The number of halogens is 1. The van der Waals surface area contributed by atoms with Crippen LogP contribution in [-0.4, -0.2) is 33.0 Å². The van der Waals surface area contributed by atoms with E-state index in [4.69, 9.17) is 11.6 Å². The summed E-state index contributed by atoms with van der Waals surface area (Å²) < 4.78 is 10.7. The molecule has 0 radical (unpaired) electrons. The van der Waals surface area contributed by atoms with Gasteiger partial charge in [-0.1, -0.05) is 11.6 Å². The molecular weight excluding hydrogens is 222 g/mol. The third kappa shape index (κ3) is 4.53. The van der Waals surface area contributed by atoms with Gasteiger partial charge < -0.3 is 5.32 Å². The van der Waals surface area contributed by atoms with E-state index < -0.39 is 10.8 Å². The second-order valence-corrected chi connectivity index (χ2v) is 4.77. The van der Waals surface area contributed by atoms with Crippen LogP contribution in [0.4, 0.5) is 5.69 Å². The summed E-state index contributed by atoms with van der Waals surface area (Å²) in [4.78, 5) is 0. The predicted molar refractivity (Wildman–Crippen MR) is 59.1 cm³/mol. The molecule has 78 valence electrons. The van der Waals surface area contributed by atoms with Crippen LogP contribution in [0.5, 0.6) is 0 Å². The average molecular weight is 234 g/mol. The molecule has 0 bridgehead atoms. The van der Waals surface area contributed by atoms with E-state index >= 15 is 0 Å². The van der Waals surface area contributed by atoms with Gasteiger partial charge in [-0.15, -0.1) is 5.10 Å². The maximum absolute atomic E-state index is 10.7. The Morgan fingerprint density at radius 1 is 1.64 bits per heavy atom. The van der Waals surface area contributed by atoms with Crippen molar-refractivity contribution in [2.45, 2.75) is 6.42 Å². The number of aromatic nitrogens is 2. The third-order valence-corrected chi connectivity index (χ3v) is 2.61. The molecule has 0 aromatic carbocycles. The average Bonchev–Trinajstić information content (AvgIpc) is 2.12. The number of rotatable bonds is 5. The second-order valence-electron chi connectivity index (χ2n) is 2.82. The monoisotopic (exact) mass is 233 g/mol. The Balaban J connectivity index is 2.28. The minimum Gasteiger partial charge on any atom is -0.384 e. The first-order valence-corrected chi connectivity index (χ1v) is 6.31. The van der Waals surface area contributed by atoms with Crippen molar-refractivity contribution in [3.05, 3.63) is 17.4 Å². The van der Waals surface area contributed by atoms with Crippen molar-refractivity contribution in [2.75, 3.05) is 23.9 Å². The van der Waals surface area contributed by atoms with Crippen LogP contribution in [0.15, 0.2) is 12.3 Å². The van der Waals surface area contributed by atoms with E-state index in [0.29, 0.717) is 10.9 Å². The molecular formula is C8H12ClN3OS. The summed E-state index contributed by atoms with van der Waals surface area (Å²) in [7, 11) is -0.722. The fraction of sp³-hybridized carbons (Fsp3) is 0.500. The standard InChI is InChI=1S/C8H12ClN3OS/c1-14(13)4-2-3-10-7-5-8(9)12-11-6-7/h5-6H,2-4H2,1H3,(H,10,12). The Labute approximate surface area is 90.5 Å². The van der Waals surface area contributed by atoms with Crippen LogP contribution in [0, 0.1) is 0 Å². The van der Waals surface area contributed by atoms with Crippen LogP contribution in [-0.2, 0) is 10.8 Å². The quantitative estimate of drug-likeness (QED) is 0.780. The van der Waals surface area contributed by atoms with E-state index in [1.807, 2.05) is 0 Å². The molecule has 0 aliphatic rings. The first-order chi connectivity index (χ1) is 6.68. The molecule has 1 aromatic rings. The van der Waals surface area contributed by atoms with Crippen LogP contribution in [0.25, 0.3) is 0 Å². The zero-order valence-electron chi connectivity index (χ0n) is 7.86. The van der Waals surface area contributed by atoms with Gasteiger partial charge in [0.05, 0.1) is 11.9 Å². The molecule has 1 unspecified atom stereocenters. The SMILES string of the molecule is CS(=O)CCCNc1cnnc(Cl)c1. The summed E-state index contributed by atoms with van der Waals surface area (Å²) in [5.41, 5.74) is 0.840. The Morgan fingerprint density at radius 3 is 3.07 bits per heavy atom. The lowest BCUT2D eigenvalue weighted by atomic mass is 10.4. The topological polar surface area (TPSA) is 54.9 Å². The van der Waals surface area contributed by atoms with Crippen molar-refractivity contribution in [2.24, 2.45) is 0 Å². The number of nitrogens with one attached hydrogen (secondary N) is 1. The van der Waals surface area contributed by atoms with Gasteiger partial charge in [-0.05, 0) is 6.42 Å². The van der Waals surface area contributed by atoms with E-state index in [-0.39, 0.29) is 0 Å². The lowest BCUT2D eigenvalue weighted by Gasteiger charge is -2.04. The number of anilines is 1. The van der Waals surface area contributed by atoms with E-state index in [1.165, 1.54) is 0 Å². The first kappa shape index (κ1) is 11.4. The molecule has 1 aromatic heterocycles. The van der Waals surface area contributed by atoms with E-state index in [1.54, 1.807) is 18.5 Å². The van der Waals surface area contributed by atoms with Gasteiger partial charge >= 0.3 is 0 Å². The molecule has 1 atom stereocenters. The van der Waals surface area contributed by atoms with Crippen molar-refractivity contribution in [3.63, 3.8) is 0 Å². The lowest BCUT2D eigenvalue weighted by Crippen LogP contribution is -2.06. The summed E-state index contributed by atoms with van der Waals surface area (Å²) in [6.45, 7) is 0.765. The highest BCUT2D eigenvalue weighted by Crippen LogP contribution is 2.09. The van der Waals surface area contributed by atoms with Gasteiger partial charge in [0.15, 0.2) is 5.15 Å². The minimum absolute atomic E-state index is 0.370. The van der Waals surface area contributed by atoms with E-state index in [2.05, 4.69) is 15.5 Å². The lowest BCUT2D eigenvalue weighted by molar-refractivity contribution is 0.685. The molecule has 0 spiro atoms. The van der Waals surface area contributed by atoms with Crippen molar-refractivity contribution in [1.82, 2.24) is 10.2 Å². The summed E-state index contributed by atoms with van der Waals surface area (Å²) in [5, 5.41) is 10.8. The van der Waals surface area contributed by atoms with Gasteiger partial charge in [0.25, 0.3) is 0 Å². The molecule has 1 N–H and O–H groups in total. The zero-order valence-corrected chi connectivity index (χ0v) is 9.44. The van der Waals surface area contributed by atoms with E-state index in [9.17, 15) is 4.21 Å². The molecule has 0 aliphatic carbocycles. The highest BCUT2D eigenvalue weighted by atomic mass is 35.5. The van der Waals surface area contributed by atoms with Crippen LogP contribution < -0.4 is 5.32 Å². The number of nitrogens with zero attached hydrogens (tertiary/aromatic N) is 2. The third-order valence-electron chi connectivity index (χ3n) is 1.56. The van der Waals surface area contributed by atoms with Gasteiger partial charge in [0, 0.05) is 35.4 Å². The highest BCUT2D eigenvalue weighted by molar-refractivity contribution is 7.84. The second kappa shape index (κ2) is 5.93. The molecule has 0 saturated heterocycles. The van der Waals surface area contributed by atoms with Crippen LogP contribution in [0.1, 0.15) is 6.42 Å². The summed E-state index contributed by atoms with van der Waals surface area (Å²) >= 11 is 5.65. The van der Waals surface area contributed by atoms with Crippen molar-refractivity contribution in [1.29, 1.82) is 0 Å². The number of hydrogen-bond donors (Lipinski definition) is 1. The summed E-state index contributed by atoms with van der Waals surface area (Å²) in [6, 6.07) is 1.71.